The summed E-state index contributed by atoms with van der Waals surface area (Å²) < 4.78 is 49.5. The number of carbonyl (C=O) groups excluding carboxylic acids is 1. The fourth-order valence-electron chi connectivity index (χ4n) is 7.00. The van der Waals surface area contributed by atoms with E-state index in [2.05, 4.69) is 43.4 Å². The largest absolute Gasteiger partial charge is 0.508 e. The first-order chi connectivity index (χ1) is 21.0. The zero-order valence-corrected chi connectivity index (χ0v) is 24.1. The van der Waals surface area contributed by atoms with Crippen LogP contribution in [0.3, 0.4) is 0 Å². The molecule has 3 aliphatic rings. The fourth-order valence-corrected chi connectivity index (χ4v) is 7.00. The Labute approximate surface area is 244 Å². The molecule has 0 amide bonds. The highest BCUT2D eigenvalue weighted by Crippen LogP contribution is 2.61. The Morgan fingerprint density at radius 3 is 2.67 bits per heavy atom. The van der Waals surface area contributed by atoms with Crippen LogP contribution >= 0.6 is 0 Å². The van der Waals surface area contributed by atoms with Gasteiger partial charge in [-0.3, -0.25) is 4.79 Å². The van der Waals surface area contributed by atoms with Crippen LogP contribution in [0.15, 0.2) is 54.6 Å². The highest BCUT2D eigenvalue weighted by Gasteiger charge is 2.56. The molecule has 4 rings (SSSR count). The Kier molecular flexibility index (Phi) is 8.96. The molecule has 0 saturated heterocycles. The number of allylic oxidation sites excluding steroid dienone is 6. The first-order valence-corrected chi connectivity index (χ1v) is 15.5. The van der Waals surface area contributed by atoms with Crippen molar-refractivity contribution >= 4 is 5.97 Å². The quantitative estimate of drug-likeness (QED) is 0.146. The molecular formula is C36H52O3. The molecule has 3 nitrogen and oxygen atoms in total. The Bertz CT molecular complexity index is 1240. The van der Waals surface area contributed by atoms with Crippen molar-refractivity contribution in [1.82, 2.24) is 0 Å². The topological polar surface area (TPSA) is 46.5 Å². The number of esters is 1. The number of hydrogen-bond acceptors (Lipinski definition) is 3. The molecular weight excluding hydrogens is 480 g/mol. The fraction of sp³-hybridized carbons (Fsp3) is 0.639. The van der Waals surface area contributed by atoms with Crippen molar-refractivity contribution in [2.45, 2.75) is 129 Å². The Balaban J connectivity index is 1.24. The second-order valence-corrected chi connectivity index (χ2v) is 11.9. The maximum Gasteiger partial charge on any atom is 0.306 e. The van der Waals surface area contributed by atoms with Crippen molar-refractivity contribution < 1.29 is 21.5 Å². The van der Waals surface area contributed by atoms with Crippen LogP contribution in [0.1, 0.15) is 134 Å². The maximum atomic E-state index is 13.0. The molecule has 0 aliphatic heterocycles. The van der Waals surface area contributed by atoms with Crippen molar-refractivity contribution in [3.63, 3.8) is 0 Å². The second-order valence-electron chi connectivity index (χ2n) is 11.9. The lowest BCUT2D eigenvalue weighted by atomic mass is 9.55. The van der Waals surface area contributed by atoms with Gasteiger partial charge in [-0.25, -0.2) is 0 Å². The molecule has 5 atom stereocenters. The van der Waals surface area contributed by atoms with E-state index in [0.29, 0.717) is 25.7 Å². The number of fused-ring (bicyclic) bond motifs is 5. The maximum absolute atomic E-state index is 13.0. The molecule has 0 radical (unpaired) electrons. The number of hydrogen-bond donors (Lipinski definition) is 1. The van der Waals surface area contributed by atoms with Crippen LogP contribution in [0.4, 0.5) is 0 Å². The van der Waals surface area contributed by atoms with Crippen LogP contribution in [-0.2, 0) is 16.0 Å². The smallest absolute Gasteiger partial charge is 0.306 e. The summed E-state index contributed by atoms with van der Waals surface area (Å²) in [5.41, 5.74) is 0.906. The summed E-state index contributed by atoms with van der Waals surface area (Å²) in [6.07, 6.45) is 21.2. The number of rotatable bonds is 14. The van der Waals surface area contributed by atoms with Crippen molar-refractivity contribution in [1.29, 1.82) is 0 Å². The second kappa shape index (κ2) is 14.9. The number of unbranched alkanes of at least 4 members (excludes halogenated alkanes) is 5. The van der Waals surface area contributed by atoms with E-state index >= 15 is 0 Å². The van der Waals surface area contributed by atoms with Crippen molar-refractivity contribution in [2.24, 2.45) is 17.3 Å². The summed E-state index contributed by atoms with van der Waals surface area (Å²) in [6.45, 7) is 4.08. The van der Waals surface area contributed by atoms with E-state index in [-0.39, 0.29) is 48.4 Å². The average Bonchev–Trinajstić information content (AvgIpc) is 3.14. The van der Waals surface area contributed by atoms with Crippen molar-refractivity contribution in [3.8, 4) is 5.75 Å². The standard InChI is InChI=1S/C36H52O3/c1-3-4-5-6-7-8-9-10-11-12-13-14-15-16-17-18-35(38)39-34-24-23-33-32-21-19-28-27-29(37)20-22-30(28)31(32)25-26-36(33,34)2/h4-5,7-8,10-11,20,22,27,31-34,37H,3,6,9,12-19,21,23-26H2,1-2H3/b5-4-,8-7-,11-10-/t31-,32-,33+,34+,36+/m1/s1/i20D,24D2,27D,34D. The molecule has 214 valence electrons. The van der Waals surface area contributed by atoms with Crippen LogP contribution in [0.5, 0.6) is 5.75 Å². The van der Waals surface area contributed by atoms with Gasteiger partial charge >= 0.3 is 5.97 Å². The molecule has 2 saturated carbocycles. The third kappa shape index (κ3) is 7.89. The van der Waals surface area contributed by atoms with Crippen LogP contribution in [0.25, 0.3) is 0 Å². The molecule has 1 N–H and O–H groups in total. The third-order valence-corrected chi connectivity index (χ3v) is 9.18. The Morgan fingerprint density at radius 2 is 1.85 bits per heavy atom. The third-order valence-electron chi connectivity index (χ3n) is 9.18. The van der Waals surface area contributed by atoms with Gasteiger partial charge in [0.2, 0.25) is 0 Å². The number of carbonyl (C=O) groups is 1. The van der Waals surface area contributed by atoms with Crippen molar-refractivity contribution in [2.75, 3.05) is 0 Å². The van der Waals surface area contributed by atoms with Crippen LogP contribution in [-0.4, -0.2) is 17.2 Å². The zero-order chi connectivity index (χ0) is 32.0. The molecule has 0 aromatic heterocycles. The molecule has 39 heavy (non-hydrogen) atoms. The van der Waals surface area contributed by atoms with Gasteiger partial charge in [-0.2, -0.15) is 0 Å². The highest BCUT2D eigenvalue weighted by molar-refractivity contribution is 5.69. The van der Waals surface area contributed by atoms with E-state index in [0.717, 1.165) is 68.9 Å². The minimum absolute atomic E-state index is 0.0382. The summed E-state index contributed by atoms with van der Waals surface area (Å²) in [7, 11) is 0. The van der Waals surface area contributed by atoms with Gasteiger partial charge in [-0.05, 0) is 118 Å². The number of phenols is 1. The zero-order valence-electron chi connectivity index (χ0n) is 29.1. The summed E-state index contributed by atoms with van der Waals surface area (Å²) in [6, 6.07) is 1.68. The normalized spacial score (nSPS) is 33.2. The molecule has 0 heterocycles. The van der Waals surface area contributed by atoms with E-state index in [9.17, 15) is 11.3 Å². The molecule has 1 aromatic rings. The summed E-state index contributed by atoms with van der Waals surface area (Å²) in [4.78, 5) is 13.0. The Hall–Kier alpha value is -2.29. The minimum atomic E-state index is -1.97. The van der Waals surface area contributed by atoms with E-state index in [4.69, 9.17) is 10.2 Å². The lowest BCUT2D eigenvalue weighted by molar-refractivity contribution is -0.157. The van der Waals surface area contributed by atoms with Gasteiger partial charge in [0.25, 0.3) is 0 Å². The molecule has 0 spiro atoms. The highest BCUT2D eigenvalue weighted by atomic mass is 16.5. The summed E-state index contributed by atoms with van der Waals surface area (Å²) >= 11 is 0. The number of ether oxygens (including phenoxy) is 1. The first kappa shape index (κ1) is 23.4. The van der Waals surface area contributed by atoms with E-state index in [1.54, 1.807) is 6.07 Å². The van der Waals surface area contributed by atoms with Gasteiger partial charge in [0, 0.05) is 14.6 Å². The summed E-state index contributed by atoms with van der Waals surface area (Å²) in [5, 5.41) is 10.2. The predicted molar refractivity (Wildman–Crippen MR) is 162 cm³/mol. The number of aromatic hydroxyl groups is 1. The van der Waals surface area contributed by atoms with Crippen LogP contribution in [0, 0.1) is 17.3 Å². The van der Waals surface area contributed by atoms with E-state index in [1.807, 2.05) is 6.92 Å². The summed E-state index contributed by atoms with van der Waals surface area (Å²) in [5.74, 6) is -0.745. The molecule has 3 heteroatoms. The monoisotopic (exact) mass is 537 g/mol. The average molecular weight is 538 g/mol. The van der Waals surface area contributed by atoms with Gasteiger partial charge in [-0.1, -0.05) is 75.6 Å². The lowest BCUT2D eigenvalue weighted by Crippen LogP contribution is -2.45. The predicted octanol–water partition coefficient (Wildman–Crippen LogP) is 9.75. The van der Waals surface area contributed by atoms with Gasteiger partial charge in [0.15, 0.2) is 0 Å². The molecule has 1 aromatic carbocycles. The van der Waals surface area contributed by atoms with Crippen LogP contribution < -0.4 is 0 Å². The van der Waals surface area contributed by atoms with Crippen LogP contribution in [0.2, 0.25) is 0 Å². The van der Waals surface area contributed by atoms with E-state index < -0.39 is 23.8 Å². The molecule has 0 bridgehead atoms. The lowest BCUT2D eigenvalue weighted by Gasteiger charge is -2.50. The molecule has 0 unspecified atom stereocenters. The first-order valence-electron chi connectivity index (χ1n) is 18.0. The van der Waals surface area contributed by atoms with E-state index in [1.165, 1.54) is 0 Å². The van der Waals surface area contributed by atoms with Gasteiger partial charge in [0.1, 0.15) is 11.8 Å². The van der Waals surface area contributed by atoms with Crippen molar-refractivity contribution in [3.05, 3.63) is 65.7 Å². The number of phenolic OH excluding ortho intramolecular Hbond substituents is 1. The SMILES string of the molecule is [2H]c1cc2c(c([2H])c1O)CC[C@@H]1[C@@H]2CC[C@@]2(C)[C@H]1CC([2H])([2H])[C@]2([2H])OC(=O)CCCCCCC/C=C\C/C=C\C/C=C\CC. The minimum Gasteiger partial charge on any atom is -0.508 e. The van der Waals surface area contributed by atoms with Gasteiger partial charge in [0.05, 0.1) is 4.11 Å². The molecule has 3 aliphatic carbocycles. The van der Waals surface area contributed by atoms with Gasteiger partial charge < -0.3 is 9.84 Å². The van der Waals surface area contributed by atoms with Gasteiger partial charge in [-0.15, -0.1) is 0 Å². The Morgan fingerprint density at radius 1 is 1.10 bits per heavy atom. The number of benzene rings is 1. The molecule has 2 fully saturated rings.